The van der Waals surface area contributed by atoms with Crippen LogP contribution in [0.25, 0.3) is 10.8 Å². The first-order chi connectivity index (χ1) is 16.5. The first-order valence-corrected chi connectivity index (χ1v) is 13.8. The van der Waals surface area contributed by atoms with Gasteiger partial charge in [-0.15, -0.1) is 0 Å². The third-order valence-electron chi connectivity index (χ3n) is 7.56. The lowest BCUT2D eigenvalue weighted by Gasteiger charge is -2.37. The Bertz CT molecular complexity index is 1210. The molecule has 1 aliphatic heterocycles. The Kier molecular flexibility index (Phi) is 7.02. The van der Waals surface area contributed by atoms with E-state index in [1.54, 1.807) is 23.5 Å². The molecular weight excluding hydrogens is 444 g/mol. The third-order valence-corrected chi connectivity index (χ3v) is 9.42. The highest BCUT2D eigenvalue weighted by atomic mass is 32.2. The minimum absolute atomic E-state index is 0.364. The summed E-state index contributed by atoms with van der Waals surface area (Å²) in [6, 6.07) is 22.7. The maximum absolute atomic E-state index is 13.6. The van der Waals surface area contributed by atoms with E-state index >= 15 is 0 Å². The van der Waals surface area contributed by atoms with Crippen molar-refractivity contribution in [3.63, 3.8) is 0 Å². The number of nitrogens with zero attached hydrogens (tertiary/aromatic N) is 2. The first-order valence-electron chi connectivity index (χ1n) is 12.3. The lowest BCUT2D eigenvalue weighted by Crippen LogP contribution is -2.45. The van der Waals surface area contributed by atoms with Crippen molar-refractivity contribution in [2.24, 2.45) is 5.92 Å². The van der Waals surface area contributed by atoms with Gasteiger partial charge < -0.3 is 4.74 Å². The van der Waals surface area contributed by atoms with Gasteiger partial charge in [-0.25, -0.2) is 8.42 Å². The van der Waals surface area contributed by atoms with Gasteiger partial charge in [0, 0.05) is 26.2 Å². The molecule has 3 aromatic carbocycles. The SMILES string of the molecule is COCCN(CC1CCN(C2Cc3ccccc3C2)CC1)S(=O)(=O)c1ccc2ccccc2c1. The summed E-state index contributed by atoms with van der Waals surface area (Å²) in [5.74, 6) is 0.368. The van der Waals surface area contributed by atoms with Gasteiger partial charge in [0.15, 0.2) is 0 Å². The third kappa shape index (κ3) is 4.91. The molecule has 1 saturated heterocycles. The van der Waals surface area contributed by atoms with Crippen LogP contribution in [0.3, 0.4) is 0 Å². The Morgan fingerprint density at radius 2 is 1.56 bits per heavy atom. The van der Waals surface area contributed by atoms with Gasteiger partial charge in [-0.2, -0.15) is 4.31 Å². The fourth-order valence-corrected chi connectivity index (χ4v) is 7.10. The summed E-state index contributed by atoms with van der Waals surface area (Å²) < 4.78 is 34.1. The average Bonchev–Trinajstić information content (AvgIpc) is 3.31. The fraction of sp³-hybridized carbons (Fsp3) is 0.429. The van der Waals surface area contributed by atoms with Crippen molar-refractivity contribution in [1.29, 1.82) is 0 Å². The second-order valence-corrected chi connectivity index (χ2v) is 11.6. The van der Waals surface area contributed by atoms with Crippen LogP contribution < -0.4 is 0 Å². The van der Waals surface area contributed by atoms with Gasteiger partial charge in [0.25, 0.3) is 0 Å². The predicted octanol–water partition coefficient (Wildman–Crippen LogP) is 4.36. The molecule has 3 aromatic rings. The van der Waals surface area contributed by atoms with E-state index in [1.807, 2.05) is 30.3 Å². The zero-order chi connectivity index (χ0) is 23.5. The molecule has 0 bridgehead atoms. The lowest BCUT2D eigenvalue weighted by atomic mass is 9.95. The molecule has 0 spiro atoms. The number of rotatable bonds is 8. The summed E-state index contributed by atoms with van der Waals surface area (Å²) in [5, 5.41) is 1.99. The van der Waals surface area contributed by atoms with Crippen molar-refractivity contribution < 1.29 is 13.2 Å². The number of benzene rings is 3. The van der Waals surface area contributed by atoms with Crippen LogP contribution in [0.1, 0.15) is 24.0 Å². The number of fused-ring (bicyclic) bond motifs is 2. The van der Waals surface area contributed by atoms with Gasteiger partial charge in [-0.05, 0) is 78.7 Å². The number of piperidine rings is 1. The normalized spacial score (nSPS) is 18.1. The smallest absolute Gasteiger partial charge is 0.243 e. The molecule has 0 saturated carbocycles. The van der Waals surface area contributed by atoms with Crippen molar-refractivity contribution in [2.75, 3.05) is 39.9 Å². The van der Waals surface area contributed by atoms with Crippen LogP contribution in [-0.4, -0.2) is 63.6 Å². The summed E-state index contributed by atoms with van der Waals surface area (Å²) in [4.78, 5) is 2.98. The van der Waals surface area contributed by atoms with E-state index in [0.717, 1.165) is 49.5 Å². The first kappa shape index (κ1) is 23.5. The molecule has 5 rings (SSSR count). The highest BCUT2D eigenvalue weighted by Gasteiger charge is 2.32. The van der Waals surface area contributed by atoms with E-state index in [1.165, 1.54) is 11.1 Å². The number of ether oxygens (including phenoxy) is 1. The Morgan fingerprint density at radius 3 is 2.24 bits per heavy atom. The molecule has 1 aliphatic carbocycles. The van der Waals surface area contributed by atoms with Gasteiger partial charge in [0.1, 0.15) is 0 Å². The molecule has 0 atom stereocenters. The van der Waals surface area contributed by atoms with E-state index in [4.69, 9.17) is 4.74 Å². The van der Waals surface area contributed by atoms with Gasteiger partial charge >= 0.3 is 0 Å². The van der Waals surface area contributed by atoms with E-state index in [0.29, 0.717) is 36.6 Å². The van der Waals surface area contributed by atoms with Crippen LogP contribution in [0.15, 0.2) is 71.6 Å². The van der Waals surface area contributed by atoms with Gasteiger partial charge in [0.05, 0.1) is 11.5 Å². The quantitative estimate of drug-likeness (QED) is 0.483. The molecular formula is C28H34N2O3S. The van der Waals surface area contributed by atoms with Gasteiger partial charge in [0.2, 0.25) is 10.0 Å². The largest absolute Gasteiger partial charge is 0.383 e. The minimum Gasteiger partial charge on any atom is -0.383 e. The van der Waals surface area contributed by atoms with Crippen LogP contribution in [-0.2, 0) is 27.6 Å². The summed E-state index contributed by atoms with van der Waals surface area (Å²) >= 11 is 0. The fourth-order valence-electron chi connectivity index (χ4n) is 5.56. The van der Waals surface area contributed by atoms with Crippen LogP contribution in [0, 0.1) is 5.92 Å². The Balaban J connectivity index is 1.25. The van der Waals surface area contributed by atoms with Crippen molar-refractivity contribution in [2.45, 2.75) is 36.6 Å². The van der Waals surface area contributed by atoms with Crippen molar-refractivity contribution in [3.05, 3.63) is 77.9 Å². The minimum atomic E-state index is -3.59. The lowest BCUT2D eigenvalue weighted by molar-refractivity contribution is 0.119. The maximum Gasteiger partial charge on any atom is 0.243 e. The van der Waals surface area contributed by atoms with Gasteiger partial charge in [-0.3, -0.25) is 4.90 Å². The molecule has 0 unspecified atom stereocenters. The molecule has 0 N–H and O–H groups in total. The zero-order valence-corrected chi connectivity index (χ0v) is 20.7. The molecule has 0 radical (unpaired) electrons. The molecule has 2 aliphatic rings. The molecule has 6 heteroatoms. The number of methoxy groups -OCH3 is 1. The molecule has 34 heavy (non-hydrogen) atoms. The monoisotopic (exact) mass is 478 g/mol. The summed E-state index contributed by atoms with van der Waals surface area (Å²) in [6.07, 6.45) is 4.33. The van der Waals surface area contributed by atoms with E-state index in [-0.39, 0.29) is 0 Å². The Labute approximate surface area is 203 Å². The molecule has 1 heterocycles. The maximum atomic E-state index is 13.6. The Morgan fingerprint density at radius 1 is 0.912 bits per heavy atom. The summed E-state index contributed by atoms with van der Waals surface area (Å²) in [7, 11) is -1.97. The molecule has 0 aromatic heterocycles. The highest BCUT2D eigenvalue weighted by Crippen LogP contribution is 2.30. The molecule has 1 fully saturated rings. The Hall–Kier alpha value is -2.25. The zero-order valence-electron chi connectivity index (χ0n) is 19.9. The highest BCUT2D eigenvalue weighted by molar-refractivity contribution is 7.89. The topological polar surface area (TPSA) is 49.9 Å². The molecule has 5 nitrogen and oxygen atoms in total. The second kappa shape index (κ2) is 10.2. The number of hydrogen-bond acceptors (Lipinski definition) is 4. The van der Waals surface area contributed by atoms with Crippen molar-refractivity contribution in [3.8, 4) is 0 Å². The van der Waals surface area contributed by atoms with E-state index in [2.05, 4.69) is 29.2 Å². The van der Waals surface area contributed by atoms with E-state index < -0.39 is 10.0 Å². The number of hydrogen-bond donors (Lipinski definition) is 0. The standard InChI is InChI=1S/C28H34N2O3S/c1-33-17-16-30(34(31,32)28-11-10-23-6-2-3-9-26(23)20-28)21-22-12-14-29(15-13-22)27-18-24-7-4-5-8-25(24)19-27/h2-11,20,22,27H,12-19,21H2,1H3. The summed E-state index contributed by atoms with van der Waals surface area (Å²) in [5.41, 5.74) is 2.98. The van der Waals surface area contributed by atoms with Crippen LogP contribution in [0.4, 0.5) is 0 Å². The predicted molar refractivity (Wildman–Crippen MR) is 137 cm³/mol. The molecule has 0 amide bonds. The van der Waals surface area contributed by atoms with Crippen LogP contribution >= 0.6 is 0 Å². The van der Waals surface area contributed by atoms with Crippen molar-refractivity contribution >= 4 is 20.8 Å². The number of likely N-dealkylation sites (tertiary alicyclic amines) is 1. The van der Waals surface area contributed by atoms with E-state index in [9.17, 15) is 8.42 Å². The van der Waals surface area contributed by atoms with Gasteiger partial charge in [-0.1, -0.05) is 54.6 Å². The van der Waals surface area contributed by atoms with Crippen LogP contribution in [0.2, 0.25) is 0 Å². The van der Waals surface area contributed by atoms with Crippen LogP contribution in [0.5, 0.6) is 0 Å². The number of sulfonamides is 1. The average molecular weight is 479 g/mol. The molecule has 180 valence electrons. The summed E-state index contributed by atoms with van der Waals surface area (Å²) in [6.45, 7) is 3.40. The second-order valence-electron chi connectivity index (χ2n) is 9.67. The van der Waals surface area contributed by atoms with Crippen molar-refractivity contribution in [1.82, 2.24) is 9.21 Å².